The van der Waals surface area contributed by atoms with Gasteiger partial charge in [-0.3, -0.25) is 4.79 Å². The van der Waals surface area contributed by atoms with E-state index < -0.39 is 24.5 Å². The Bertz CT molecular complexity index is 673. The number of piperidine rings is 1. The normalized spacial score (nSPS) is 19.1. The molecule has 1 saturated heterocycles. The lowest BCUT2D eigenvalue weighted by molar-refractivity contribution is -0.131. The van der Waals surface area contributed by atoms with Gasteiger partial charge in [-0.05, 0) is 30.8 Å². The second kappa shape index (κ2) is 6.22. The van der Waals surface area contributed by atoms with Crippen molar-refractivity contribution in [2.75, 3.05) is 6.54 Å². The van der Waals surface area contributed by atoms with Crippen LogP contribution in [0.2, 0.25) is 0 Å². The minimum absolute atomic E-state index is 0.0282. The number of aromatic nitrogens is 4. The fourth-order valence-corrected chi connectivity index (χ4v) is 2.91. The van der Waals surface area contributed by atoms with E-state index in [4.69, 9.17) is 4.42 Å². The molecule has 0 saturated carbocycles. The van der Waals surface area contributed by atoms with Crippen LogP contribution < -0.4 is 0 Å². The summed E-state index contributed by atoms with van der Waals surface area (Å²) in [6.07, 6.45) is -3.53. The van der Waals surface area contributed by atoms with Gasteiger partial charge < -0.3 is 9.32 Å². The molecule has 0 unspecified atom stereocenters. The third-order valence-corrected chi connectivity index (χ3v) is 3.97. The van der Waals surface area contributed by atoms with Crippen LogP contribution in [0.3, 0.4) is 0 Å². The van der Waals surface area contributed by atoms with Crippen LogP contribution in [0.4, 0.5) is 13.2 Å². The smallest absolute Gasteiger partial charge is 0.397 e. The monoisotopic (exact) mass is 347 g/mol. The molecule has 124 valence electrons. The van der Waals surface area contributed by atoms with E-state index in [0.29, 0.717) is 13.0 Å². The van der Waals surface area contributed by atoms with Crippen LogP contribution in [0.25, 0.3) is 0 Å². The topological polar surface area (TPSA) is 85.0 Å². The second-order valence-electron chi connectivity index (χ2n) is 5.13. The lowest BCUT2D eigenvalue weighted by atomic mass is 10.0. The average Bonchev–Trinajstić information content (AvgIpc) is 3.16. The summed E-state index contributed by atoms with van der Waals surface area (Å²) in [6, 6.07) is -0.535. The van der Waals surface area contributed by atoms with Crippen LogP contribution >= 0.6 is 11.5 Å². The minimum Gasteiger partial charge on any atom is -0.423 e. The summed E-state index contributed by atoms with van der Waals surface area (Å²) in [5.41, 5.74) is 0.205. The van der Waals surface area contributed by atoms with Gasteiger partial charge in [-0.2, -0.15) is 13.2 Å². The van der Waals surface area contributed by atoms with Gasteiger partial charge in [-0.25, -0.2) is 0 Å². The lowest BCUT2D eigenvalue weighted by Gasteiger charge is -2.32. The molecule has 0 radical (unpaired) electrons. The zero-order valence-electron chi connectivity index (χ0n) is 11.8. The average molecular weight is 347 g/mol. The Labute approximate surface area is 132 Å². The van der Waals surface area contributed by atoms with Gasteiger partial charge in [-0.1, -0.05) is 4.49 Å². The van der Waals surface area contributed by atoms with Crippen LogP contribution in [-0.2, 0) is 6.42 Å². The van der Waals surface area contributed by atoms with Crippen molar-refractivity contribution in [1.82, 2.24) is 24.7 Å². The molecule has 0 bridgehead atoms. The largest absolute Gasteiger partial charge is 0.423 e. The van der Waals surface area contributed by atoms with Crippen LogP contribution in [-0.4, -0.2) is 43.3 Å². The summed E-state index contributed by atoms with van der Waals surface area (Å²) in [5.74, 6) is -0.805. The molecule has 0 aromatic carbocycles. The van der Waals surface area contributed by atoms with Crippen molar-refractivity contribution in [2.24, 2.45) is 0 Å². The number of hydrogen-bond donors (Lipinski definition) is 0. The van der Waals surface area contributed by atoms with Crippen molar-refractivity contribution in [3.05, 3.63) is 22.9 Å². The Morgan fingerprint density at radius 3 is 2.87 bits per heavy atom. The number of carbonyl (C=O) groups excluding carboxylic acids is 1. The van der Waals surface area contributed by atoms with Gasteiger partial charge in [-0.15, -0.1) is 15.3 Å². The number of likely N-dealkylation sites (tertiary alicyclic amines) is 1. The predicted molar refractivity (Wildman–Crippen MR) is 71.6 cm³/mol. The van der Waals surface area contributed by atoms with E-state index in [1.54, 1.807) is 0 Å². The Morgan fingerprint density at radius 1 is 1.35 bits per heavy atom. The Balaban J connectivity index is 1.80. The third kappa shape index (κ3) is 3.66. The molecule has 0 aliphatic carbocycles. The van der Waals surface area contributed by atoms with Gasteiger partial charge in [0.1, 0.15) is 12.5 Å². The molecule has 1 amide bonds. The molecule has 1 aliphatic rings. The highest BCUT2D eigenvalue weighted by Gasteiger charge is 2.35. The maximum Gasteiger partial charge on any atom is 0.397 e. The summed E-state index contributed by atoms with van der Waals surface area (Å²) >= 11 is 1.05. The number of alkyl halides is 3. The fourth-order valence-electron chi connectivity index (χ4n) is 2.48. The highest BCUT2D eigenvalue weighted by atomic mass is 32.1. The van der Waals surface area contributed by atoms with E-state index in [1.807, 2.05) is 0 Å². The molecule has 23 heavy (non-hydrogen) atoms. The van der Waals surface area contributed by atoms with Crippen LogP contribution in [0.1, 0.15) is 47.6 Å². The van der Waals surface area contributed by atoms with Crippen LogP contribution in [0, 0.1) is 0 Å². The zero-order valence-corrected chi connectivity index (χ0v) is 12.6. The molecule has 3 rings (SSSR count). The van der Waals surface area contributed by atoms with Crippen molar-refractivity contribution < 1.29 is 22.4 Å². The van der Waals surface area contributed by atoms with Crippen molar-refractivity contribution in [3.8, 4) is 0 Å². The number of hydrogen-bond acceptors (Lipinski definition) is 7. The summed E-state index contributed by atoms with van der Waals surface area (Å²) in [5, 5.41) is 12.4. The highest BCUT2D eigenvalue weighted by Crippen LogP contribution is 2.32. The van der Waals surface area contributed by atoms with Gasteiger partial charge in [0, 0.05) is 11.9 Å². The first kappa shape index (κ1) is 15.8. The Hall–Kier alpha value is -2.04. The number of halogens is 3. The number of nitrogens with zero attached hydrogens (tertiary/aromatic N) is 5. The number of amides is 1. The van der Waals surface area contributed by atoms with E-state index in [2.05, 4.69) is 19.8 Å². The van der Waals surface area contributed by atoms with Crippen molar-refractivity contribution in [2.45, 2.75) is 37.9 Å². The van der Waals surface area contributed by atoms with Crippen LogP contribution in [0.15, 0.2) is 9.80 Å². The Kier molecular flexibility index (Phi) is 4.28. The molecule has 7 nitrogen and oxygen atoms in total. The maximum atomic E-state index is 12.4. The van der Waals surface area contributed by atoms with E-state index >= 15 is 0 Å². The zero-order chi connectivity index (χ0) is 16.4. The summed E-state index contributed by atoms with van der Waals surface area (Å²) in [6.45, 7) is 0.456. The van der Waals surface area contributed by atoms with Gasteiger partial charge in [0.2, 0.25) is 11.8 Å². The molecule has 2 aromatic rings. The maximum absolute atomic E-state index is 12.4. The molecule has 2 aromatic heterocycles. The molecule has 0 N–H and O–H groups in total. The van der Waals surface area contributed by atoms with E-state index in [9.17, 15) is 18.0 Å². The lowest BCUT2D eigenvalue weighted by Crippen LogP contribution is -2.38. The van der Waals surface area contributed by atoms with Gasteiger partial charge >= 0.3 is 6.18 Å². The number of carbonyl (C=O) groups is 1. The van der Waals surface area contributed by atoms with Crippen molar-refractivity contribution >= 4 is 17.4 Å². The van der Waals surface area contributed by atoms with Gasteiger partial charge in [0.25, 0.3) is 5.91 Å². The Morgan fingerprint density at radius 2 is 2.17 bits per heavy atom. The first-order valence-electron chi connectivity index (χ1n) is 6.91. The summed E-state index contributed by atoms with van der Waals surface area (Å²) < 4.78 is 45.9. The molecule has 1 atom stereocenters. The van der Waals surface area contributed by atoms with Gasteiger partial charge in [0.05, 0.1) is 0 Å². The minimum atomic E-state index is -4.42. The van der Waals surface area contributed by atoms with Crippen LogP contribution in [0.5, 0.6) is 0 Å². The van der Waals surface area contributed by atoms with Crippen molar-refractivity contribution in [1.29, 1.82) is 0 Å². The molecule has 11 heteroatoms. The fraction of sp³-hybridized carbons (Fsp3) is 0.583. The molecule has 0 spiro atoms. The third-order valence-electron chi connectivity index (χ3n) is 3.46. The summed E-state index contributed by atoms with van der Waals surface area (Å²) in [7, 11) is 0. The van der Waals surface area contributed by atoms with E-state index in [-0.39, 0.29) is 17.5 Å². The molecule has 1 fully saturated rings. The SMILES string of the molecule is O=C(c1csnn1)N1CCCC[C@H]1c1nnc(CC(F)(F)F)o1. The molecule has 3 heterocycles. The first-order valence-corrected chi connectivity index (χ1v) is 7.75. The highest BCUT2D eigenvalue weighted by molar-refractivity contribution is 7.03. The van der Waals surface area contributed by atoms with E-state index in [1.165, 1.54) is 10.3 Å². The molecular weight excluding hydrogens is 335 g/mol. The quantitative estimate of drug-likeness (QED) is 0.847. The summed E-state index contributed by atoms with van der Waals surface area (Å²) in [4.78, 5) is 13.9. The predicted octanol–water partition coefficient (Wildman–Crippen LogP) is 2.39. The second-order valence-corrected chi connectivity index (χ2v) is 5.74. The molecule has 1 aliphatic heterocycles. The first-order chi connectivity index (χ1) is 10.9. The van der Waals surface area contributed by atoms with Gasteiger partial charge in [0.15, 0.2) is 5.69 Å². The standard InChI is InChI=1S/C12H12F3N5O2S/c13-12(14,15)5-9-17-18-10(22-9)8-3-1-2-4-20(8)11(21)7-6-23-19-16-7/h6,8H,1-5H2/t8-/m0/s1. The molecular formula is C12H12F3N5O2S. The number of rotatable bonds is 3. The van der Waals surface area contributed by atoms with Crippen molar-refractivity contribution in [3.63, 3.8) is 0 Å². The van der Waals surface area contributed by atoms with E-state index in [0.717, 1.165) is 24.4 Å².